The zero-order chi connectivity index (χ0) is 23.8. The van der Waals surface area contributed by atoms with Crippen LogP contribution in [0.25, 0.3) is 0 Å². The zero-order valence-corrected chi connectivity index (χ0v) is 18.4. The number of carbonyl (C=O) groups is 3. The molecule has 4 rings (SSSR count). The van der Waals surface area contributed by atoms with Crippen LogP contribution in [0.5, 0.6) is 5.75 Å². The molecule has 3 aromatic rings. The van der Waals surface area contributed by atoms with Gasteiger partial charge in [-0.05, 0) is 29.8 Å². The van der Waals surface area contributed by atoms with Crippen molar-refractivity contribution in [3.05, 3.63) is 89.9 Å². The first-order chi connectivity index (χ1) is 16.6. The summed E-state index contributed by atoms with van der Waals surface area (Å²) in [5.41, 5.74) is 6.40. The van der Waals surface area contributed by atoms with E-state index in [1.54, 1.807) is 6.07 Å². The summed E-state index contributed by atoms with van der Waals surface area (Å²) in [7, 11) is 0. The molecule has 9 heteroatoms. The van der Waals surface area contributed by atoms with E-state index in [4.69, 9.17) is 9.15 Å². The highest BCUT2D eigenvalue weighted by Gasteiger charge is 2.22. The number of furan rings is 1. The molecule has 34 heavy (non-hydrogen) atoms. The predicted octanol–water partition coefficient (Wildman–Crippen LogP) is 3.04. The van der Waals surface area contributed by atoms with E-state index in [0.717, 1.165) is 11.3 Å². The van der Waals surface area contributed by atoms with Crippen molar-refractivity contribution in [3.63, 3.8) is 0 Å². The molecule has 0 radical (unpaired) electrons. The molecule has 2 heterocycles. The summed E-state index contributed by atoms with van der Waals surface area (Å²) in [6.45, 7) is 0.646. The first-order valence-electron chi connectivity index (χ1n) is 10.9. The van der Waals surface area contributed by atoms with Gasteiger partial charge in [0.1, 0.15) is 18.1 Å². The Morgan fingerprint density at radius 1 is 0.912 bits per heavy atom. The molecular formula is C25H24N4O5. The van der Waals surface area contributed by atoms with Crippen molar-refractivity contribution < 1.29 is 23.5 Å². The van der Waals surface area contributed by atoms with Crippen molar-refractivity contribution in [2.75, 3.05) is 6.54 Å². The first-order valence-corrected chi connectivity index (χ1v) is 10.9. The van der Waals surface area contributed by atoms with Crippen molar-refractivity contribution in [1.82, 2.24) is 15.9 Å². The van der Waals surface area contributed by atoms with E-state index in [1.165, 1.54) is 11.1 Å². The largest absolute Gasteiger partial charge is 0.486 e. The van der Waals surface area contributed by atoms with Crippen molar-refractivity contribution in [2.24, 2.45) is 5.10 Å². The van der Waals surface area contributed by atoms with Gasteiger partial charge in [-0.25, -0.2) is 5.01 Å². The van der Waals surface area contributed by atoms with Crippen LogP contribution < -0.4 is 15.6 Å². The van der Waals surface area contributed by atoms with E-state index >= 15 is 0 Å². The number of hydrogen-bond donors (Lipinski definition) is 2. The highest BCUT2D eigenvalue weighted by molar-refractivity contribution is 6.02. The third kappa shape index (κ3) is 6.10. The van der Waals surface area contributed by atoms with Gasteiger partial charge < -0.3 is 9.15 Å². The van der Waals surface area contributed by atoms with Crippen molar-refractivity contribution in [2.45, 2.75) is 25.9 Å². The highest BCUT2D eigenvalue weighted by Crippen LogP contribution is 2.15. The number of hydrogen-bond acceptors (Lipinski definition) is 6. The van der Waals surface area contributed by atoms with Crippen LogP contribution in [0, 0.1) is 0 Å². The van der Waals surface area contributed by atoms with Gasteiger partial charge in [-0.15, -0.1) is 0 Å². The lowest BCUT2D eigenvalue weighted by molar-refractivity contribution is -0.133. The van der Waals surface area contributed by atoms with Gasteiger partial charge in [-0.2, -0.15) is 5.10 Å². The summed E-state index contributed by atoms with van der Waals surface area (Å²) < 4.78 is 11.0. The third-order valence-corrected chi connectivity index (χ3v) is 5.09. The lowest BCUT2D eigenvalue weighted by atomic mass is 10.1. The summed E-state index contributed by atoms with van der Waals surface area (Å²) in [6.07, 6.45) is 0.564. The van der Waals surface area contributed by atoms with E-state index in [2.05, 4.69) is 16.0 Å². The minimum absolute atomic E-state index is 0.0189. The smallest absolute Gasteiger partial charge is 0.305 e. The molecule has 0 unspecified atom stereocenters. The van der Waals surface area contributed by atoms with Gasteiger partial charge in [0.25, 0.3) is 0 Å². The number of nitrogens with zero attached hydrogens (tertiary/aromatic N) is 2. The minimum Gasteiger partial charge on any atom is -0.486 e. The Labute approximate surface area is 196 Å². The number of amides is 3. The number of rotatable bonds is 8. The van der Waals surface area contributed by atoms with Crippen LogP contribution in [-0.4, -0.2) is 35.0 Å². The summed E-state index contributed by atoms with van der Waals surface area (Å²) in [5.74, 6) is -0.173. The maximum absolute atomic E-state index is 12.4. The van der Waals surface area contributed by atoms with Crippen LogP contribution in [0.1, 0.15) is 41.1 Å². The van der Waals surface area contributed by atoms with Crippen molar-refractivity contribution in [3.8, 4) is 5.75 Å². The van der Waals surface area contributed by atoms with Crippen LogP contribution in [0.2, 0.25) is 0 Å². The maximum Gasteiger partial charge on any atom is 0.305 e. The van der Waals surface area contributed by atoms with E-state index < -0.39 is 11.8 Å². The molecule has 1 aliphatic heterocycles. The molecule has 0 saturated carbocycles. The Morgan fingerprint density at radius 2 is 1.65 bits per heavy atom. The maximum atomic E-state index is 12.4. The topological polar surface area (TPSA) is 113 Å². The van der Waals surface area contributed by atoms with Crippen molar-refractivity contribution in [1.29, 1.82) is 0 Å². The fraction of sp³-hybridized carbons (Fsp3) is 0.200. The third-order valence-electron chi connectivity index (χ3n) is 5.09. The lowest BCUT2D eigenvalue weighted by Gasteiger charge is -2.11. The SMILES string of the molecule is O=C(CCC(=O)N1CCC(c2ccccc2)=N1)NNC(=O)c1ccc(COc2ccccc2)o1. The Kier molecular flexibility index (Phi) is 7.34. The number of ether oxygens (including phenoxy) is 1. The average molecular weight is 460 g/mol. The van der Waals surface area contributed by atoms with Gasteiger partial charge in [-0.1, -0.05) is 48.5 Å². The van der Waals surface area contributed by atoms with E-state index in [1.807, 2.05) is 60.7 Å². The van der Waals surface area contributed by atoms with Gasteiger partial charge in [0.05, 0.1) is 12.3 Å². The van der Waals surface area contributed by atoms with E-state index in [9.17, 15) is 14.4 Å². The molecule has 0 bridgehead atoms. The molecule has 0 atom stereocenters. The molecular weight excluding hydrogens is 436 g/mol. The highest BCUT2D eigenvalue weighted by atomic mass is 16.5. The summed E-state index contributed by atoms with van der Waals surface area (Å²) >= 11 is 0. The second kappa shape index (κ2) is 11.0. The molecule has 2 N–H and O–H groups in total. The van der Waals surface area contributed by atoms with Gasteiger partial charge in [0, 0.05) is 19.3 Å². The monoisotopic (exact) mass is 460 g/mol. The molecule has 174 valence electrons. The molecule has 1 aliphatic rings. The average Bonchev–Trinajstić information content (AvgIpc) is 3.56. The number of hydrazine groups is 1. The Bertz CT molecular complexity index is 1170. The lowest BCUT2D eigenvalue weighted by Crippen LogP contribution is -2.41. The van der Waals surface area contributed by atoms with E-state index in [-0.39, 0.29) is 31.1 Å². The number of para-hydroxylation sites is 1. The second-order valence-corrected chi connectivity index (χ2v) is 7.55. The quantitative estimate of drug-likeness (QED) is 0.502. The van der Waals surface area contributed by atoms with E-state index in [0.29, 0.717) is 24.5 Å². The van der Waals surface area contributed by atoms with Crippen LogP contribution in [0.4, 0.5) is 0 Å². The number of hydrazone groups is 1. The number of carbonyl (C=O) groups excluding carboxylic acids is 3. The molecule has 0 aliphatic carbocycles. The number of benzene rings is 2. The Hall–Kier alpha value is -4.40. The van der Waals surface area contributed by atoms with Crippen LogP contribution in [0.3, 0.4) is 0 Å². The number of nitrogens with one attached hydrogen (secondary N) is 2. The molecule has 2 aromatic carbocycles. The van der Waals surface area contributed by atoms with Gasteiger partial charge >= 0.3 is 5.91 Å². The molecule has 0 spiro atoms. The zero-order valence-electron chi connectivity index (χ0n) is 18.4. The van der Waals surface area contributed by atoms with Crippen LogP contribution in [-0.2, 0) is 16.2 Å². The minimum atomic E-state index is -0.609. The molecule has 1 aromatic heterocycles. The van der Waals surface area contributed by atoms with Crippen LogP contribution in [0.15, 0.2) is 82.3 Å². The molecule has 9 nitrogen and oxygen atoms in total. The predicted molar refractivity (Wildman–Crippen MR) is 124 cm³/mol. The molecule has 0 saturated heterocycles. The van der Waals surface area contributed by atoms with Crippen LogP contribution >= 0.6 is 0 Å². The van der Waals surface area contributed by atoms with Gasteiger partial charge in [-0.3, -0.25) is 25.2 Å². The second-order valence-electron chi connectivity index (χ2n) is 7.55. The fourth-order valence-corrected chi connectivity index (χ4v) is 3.32. The summed E-state index contributed by atoms with van der Waals surface area (Å²) in [6, 6.07) is 22.0. The van der Waals surface area contributed by atoms with Gasteiger partial charge in [0.15, 0.2) is 5.76 Å². The Balaban J connectivity index is 1.18. The Morgan fingerprint density at radius 3 is 2.41 bits per heavy atom. The van der Waals surface area contributed by atoms with Crippen molar-refractivity contribution >= 4 is 23.4 Å². The normalized spacial score (nSPS) is 12.7. The molecule has 0 fully saturated rings. The summed E-state index contributed by atoms with van der Waals surface area (Å²) in [5, 5.41) is 5.75. The first kappa shape index (κ1) is 22.8. The summed E-state index contributed by atoms with van der Waals surface area (Å²) in [4.78, 5) is 36.6. The standard InChI is InChI=1S/C25H24N4O5/c30-23(13-14-24(31)29-16-15-21(28-29)18-7-3-1-4-8-18)26-27-25(32)22-12-11-20(34-22)17-33-19-9-5-2-6-10-19/h1-12H,13-17H2,(H,26,30)(H,27,32). The fourth-order valence-electron chi connectivity index (χ4n) is 3.32. The van der Waals surface area contributed by atoms with Gasteiger partial charge in [0.2, 0.25) is 11.8 Å². The molecule has 3 amide bonds.